The Labute approximate surface area is 148 Å². The molecule has 1 aromatic heterocycles. The fraction of sp³-hybridized carbons (Fsp3) is 0.389. The molecule has 0 atom stereocenters. The van der Waals surface area contributed by atoms with E-state index in [4.69, 9.17) is 4.74 Å². The molecule has 1 aromatic carbocycles. The predicted molar refractivity (Wildman–Crippen MR) is 97.2 cm³/mol. The van der Waals surface area contributed by atoms with Crippen molar-refractivity contribution in [3.05, 3.63) is 42.6 Å². The molecule has 132 valence electrons. The summed E-state index contributed by atoms with van der Waals surface area (Å²) in [5, 5.41) is 0. The number of rotatable bonds is 4. The SMILES string of the molecule is COc1ccc(N2CC3(C2)CN(c2ccc(S(C)(=O)=O)cn2)C3)cc1. The van der Waals surface area contributed by atoms with Crippen molar-refractivity contribution in [2.24, 2.45) is 5.41 Å². The quantitative estimate of drug-likeness (QED) is 0.830. The normalized spacial score (nSPS) is 18.6. The Hall–Kier alpha value is -2.28. The molecule has 3 heterocycles. The summed E-state index contributed by atoms with van der Waals surface area (Å²) in [7, 11) is -1.52. The van der Waals surface area contributed by atoms with E-state index < -0.39 is 9.84 Å². The number of hydrogen-bond acceptors (Lipinski definition) is 6. The van der Waals surface area contributed by atoms with Crippen LogP contribution in [-0.4, -0.2) is 52.9 Å². The lowest BCUT2D eigenvalue weighted by molar-refractivity contribution is 0.156. The van der Waals surface area contributed by atoms with E-state index in [2.05, 4.69) is 26.9 Å². The molecule has 2 saturated heterocycles. The van der Waals surface area contributed by atoms with Crippen LogP contribution >= 0.6 is 0 Å². The van der Waals surface area contributed by atoms with Gasteiger partial charge in [-0.2, -0.15) is 0 Å². The predicted octanol–water partition coefficient (Wildman–Crippen LogP) is 1.82. The third kappa shape index (κ3) is 2.93. The van der Waals surface area contributed by atoms with Crippen molar-refractivity contribution in [1.29, 1.82) is 0 Å². The van der Waals surface area contributed by atoms with E-state index in [0.717, 1.165) is 37.7 Å². The molecule has 0 N–H and O–H groups in total. The maximum Gasteiger partial charge on any atom is 0.177 e. The van der Waals surface area contributed by atoms with E-state index >= 15 is 0 Å². The second-order valence-electron chi connectivity index (χ2n) is 7.03. The first-order valence-corrected chi connectivity index (χ1v) is 10.1. The standard InChI is InChI=1S/C18H21N3O3S/c1-24-15-5-3-14(4-6-15)20-10-18(11-20)12-21(13-18)17-8-7-16(9-19-17)25(2,22)23/h3-9H,10-13H2,1-2H3. The molecule has 2 aliphatic heterocycles. The van der Waals surface area contributed by atoms with Crippen molar-refractivity contribution in [3.8, 4) is 5.75 Å². The number of pyridine rings is 1. The molecule has 25 heavy (non-hydrogen) atoms. The minimum Gasteiger partial charge on any atom is -0.497 e. The van der Waals surface area contributed by atoms with Gasteiger partial charge in [0.15, 0.2) is 9.84 Å². The summed E-state index contributed by atoms with van der Waals surface area (Å²) in [6, 6.07) is 11.6. The molecule has 7 heteroatoms. The summed E-state index contributed by atoms with van der Waals surface area (Å²) in [6.45, 7) is 4.00. The number of benzene rings is 1. The Kier molecular flexibility index (Phi) is 3.64. The van der Waals surface area contributed by atoms with Gasteiger partial charge in [-0.05, 0) is 36.4 Å². The first kappa shape index (κ1) is 16.2. The molecule has 0 bridgehead atoms. The summed E-state index contributed by atoms with van der Waals surface area (Å²) in [5.74, 6) is 1.72. The van der Waals surface area contributed by atoms with Crippen LogP contribution in [0, 0.1) is 5.41 Å². The van der Waals surface area contributed by atoms with Crippen LogP contribution in [0.1, 0.15) is 0 Å². The van der Waals surface area contributed by atoms with Crippen LogP contribution in [0.4, 0.5) is 11.5 Å². The molecule has 2 fully saturated rings. The molecular formula is C18H21N3O3S. The first-order valence-electron chi connectivity index (χ1n) is 8.19. The van der Waals surface area contributed by atoms with Crippen LogP contribution in [0.15, 0.2) is 47.5 Å². The largest absolute Gasteiger partial charge is 0.497 e. The Balaban J connectivity index is 1.35. The number of sulfone groups is 1. The highest BCUT2D eigenvalue weighted by Crippen LogP contribution is 2.43. The van der Waals surface area contributed by atoms with Gasteiger partial charge in [-0.3, -0.25) is 0 Å². The first-order chi connectivity index (χ1) is 11.9. The lowest BCUT2D eigenvalue weighted by Gasteiger charge is -2.61. The second-order valence-corrected chi connectivity index (χ2v) is 9.05. The summed E-state index contributed by atoms with van der Waals surface area (Å²) >= 11 is 0. The van der Waals surface area contributed by atoms with Crippen LogP contribution < -0.4 is 14.5 Å². The monoisotopic (exact) mass is 359 g/mol. The molecule has 0 aliphatic carbocycles. The highest BCUT2D eigenvalue weighted by atomic mass is 32.2. The number of hydrogen-bond donors (Lipinski definition) is 0. The average molecular weight is 359 g/mol. The number of aromatic nitrogens is 1. The zero-order chi connectivity index (χ0) is 17.7. The third-order valence-corrected chi connectivity index (χ3v) is 6.11. The van der Waals surface area contributed by atoms with E-state index in [9.17, 15) is 8.42 Å². The van der Waals surface area contributed by atoms with Crippen LogP contribution in [0.25, 0.3) is 0 Å². The summed E-state index contributed by atoms with van der Waals surface area (Å²) < 4.78 is 28.2. The van der Waals surface area contributed by atoms with Gasteiger partial charge >= 0.3 is 0 Å². The lowest BCUT2D eigenvalue weighted by Crippen LogP contribution is -2.72. The fourth-order valence-electron chi connectivity index (χ4n) is 3.64. The minimum atomic E-state index is -3.19. The fourth-order valence-corrected chi connectivity index (χ4v) is 4.20. The molecule has 0 unspecified atom stereocenters. The molecule has 2 aromatic rings. The van der Waals surface area contributed by atoms with E-state index in [1.165, 1.54) is 18.1 Å². The Bertz CT molecular complexity index is 865. The van der Waals surface area contributed by atoms with Crippen molar-refractivity contribution < 1.29 is 13.2 Å². The van der Waals surface area contributed by atoms with Crippen molar-refractivity contribution in [3.63, 3.8) is 0 Å². The minimum absolute atomic E-state index is 0.265. The smallest absolute Gasteiger partial charge is 0.177 e. The highest BCUT2D eigenvalue weighted by Gasteiger charge is 2.52. The van der Waals surface area contributed by atoms with Crippen LogP contribution in [0.5, 0.6) is 5.75 Å². The Morgan fingerprint density at radius 3 is 2.16 bits per heavy atom. The third-order valence-electron chi connectivity index (χ3n) is 5.02. The van der Waals surface area contributed by atoms with Crippen LogP contribution in [0.3, 0.4) is 0 Å². The van der Waals surface area contributed by atoms with Gasteiger partial charge < -0.3 is 14.5 Å². The second kappa shape index (κ2) is 5.62. The Morgan fingerprint density at radius 1 is 1.00 bits per heavy atom. The molecule has 0 amide bonds. The number of methoxy groups -OCH3 is 1. The molecule has 0 saturated carbocycles. The average Bonchev–Trinajstić information content (AvgIpc) is 2.52. The van der Waals surface area contributed by atoms with Crippen LogP contribution in [0.2, 0.25) is 0 Å². The molecule has 4 rings (SSSR count). The summed E-state index contributed by atoms with van der Waals surface area (Å²) in [4.78, 5) is 9.15. The Morgan fingerprint density at radius 2 is 1.64 bits per heavy atom. The van der Waals surface area contributed by atoms with E-state index in [0.29, 0.717) is 5.41 Å². The summed E-state index contributed by atoms with van der Waals surface area (Å²) in [6.07, 6.45) is 2.64. The lowest BCUT2D eigenvalue weighted by atomic mass is 9.72. The molecule has 2 aliphatic rings. The zero-order valence-corrected chi connectivity index (χ0v) is 15.2. The van der Waals surface area contributed by atoms with Gasteiger partial charge in [-0.15, -0.1) is 0 Å². The van der Waals surface area contributed by atoms with Crippen molar-refractivity contribution in [1.82, 2.24) is 4.98 Å². The van der Waals surface area contributed by atoms with E-state index in [-0.39, 0.29) is 4.90 Å². The van der Waals surface area contributed by atoms with E-state index in [1.807, 2.05) is 12.1 Å². The van der Waals surface area contributed by atoms with Crippen LogP contribution in [-0.2, 0) is 9.84 Å². The van der Waals surface area contributed by atoms with Crippen molar-refractivity contribution >= 4 is 21.3 Å². The maximum absolute atomic E-state index is 11.5. The zero-order valence-electron chi connectivity index (χ0n) is 14.3. The van der Waals surface area contributed by atoms with Gasteiger partial charge in [0.25, 0.3) is 0 Å². The molecule has 1 spiro atoms. The molecule has 6 nitrogen and oxygen atoms in total. The van der Waals surface area contributed by atoms with Gasteiger partial charge in [0, 0.05) is 49.7 Å². The highest BCUT2D eigenvalue weighted by molar-refractivity contribution is 7.90. The van der Waals surface area contributed by atoms with Gasteiger partial charge in [0.1, 0.15) is 11.6 Å². The van der Waals surface area contributed by atoms with Gasteiger partial charge in [-0.25, -0.2) is 13.4 Å². The maximum atomic E-state index is 11.5. The van der Waals surface area contributed by atoms with Gasteiger partial charge in [-0.1, -0.05) is 0 Å². The van der Waals surface area contributed by atoms with Gasteiger partial charge in [0.2, 0.25) is 0 Å². The summed E-state index contributed by atoms with van der Waals surface area (Å²) in [5.41, 5.74) is 1.55. The van der Waals surface area contributed by atoms with Crippen molar-refractivity contribution in [2.45, 2.75) is 4.90 Å². The van der Waals surface area contributed by atoms with Crippen molar-refractivity contribution in [2.75, 3.05) is 49.3 Å². The molecular weight excluding hydrogens is 338 g/mol. The number of anilines is 2. The van der Waals surface area contributed by atoms with Gasteiger partial charge in [0.05, 0.1) is 12.0 Å². The number of ether oxygens (including phenoxy) is 1. The van der Waals surface area contributed by atoms with E-state index in [1.54, 1.807) is 19.2 Å². The number of nitrogens with zero attached hydrogens (tertiary/aromatic N) is 3. The topological polar surface area (TPSA) is 62.7 Å². The molecule has 0 radical (unpaired) electrons.